The molecule has 2 aromatic carbocycles. The van der Waals surface area contributed by atoms with Gasteiger partial charge in [-0.05, 0) is 0 Å². The summed E-state index contributed by atoms with van der Waals surface area (Å²) >= 11 is -0.954. The van der Waals surface area contributed by atoms with Gasteiger partial charge < -0.3 is 0 Å². The number of carbonyl (C=O) groups excluding carboxylic acids is 1. The van der Waals surface area contributed by atoms with E-state index >= 15 is 0 Å². The topological polar surface area (TPSA) is 81.5 Å². The van der Waals surface area contributed by atoms with Gasteiger partial charge in [0, 0.05) is 0 Å². The predicted molar refractivity (Wildman–Crippen MR) is 174 cm³/mol. The van der Waals surface area contributed by atoms with E-state index in [9.17, 15) is 4.79 Å². The Morgan fingerprint density at radius 1 is 1.02 bits per heavy atom. The molecule has 0 bridgehead atoms. The Bertz CT molecular complexity index is 1070. The van der Waals surface area contributed by atoms with Crippen LogP contribution in [-0.2, 0) is 11.3 Å². The number of benzene rings is 2. The fourth-order valence-corrected chi connectivity index (χ4v) is 9.81. The van der Waals surface area contributed by atoms with E-state index in [0.717, 1.165) is 22.8 Å². The molecule has 1 saturated heterocycles. The van der Waals surface area contributed by atoms with E-state index in [0.29, 0.717) is 42.9 Å². The van der Waals surface area contributed by atoms with Crippen LogP contribution in [0.1, 0.15) is 58.9 Å². The molecular formula is C32H49BN6OPb. The second-order valence-electron chi connectivity index (χ2n) is 12.7. The Morgan fingerprint density at radius 3 is 2.34 bits per heavy atom. The second-order valence-corrected chi connectivity index (χ2v) is 17.7. The summed E-state index contributed by atoms with van der Waals surface area (Å²) in [5.74, 6) is 0.00647. The van der Waals surface area contributed by atoms with Crippen molar-refractivity contribution in [1.29, 1.82) is 0 Å². The van der Waals surface area contributed by atoms with Crippen LogP contribution < -0.4 is 13.8 Å². The second kappa shape index (κ2) is 17.1. The van der Waals surface area contributed by atoms with Gasteiger partial charge in [-0.3, -0.25) is 0 Å². The molecule has 1 amide bonds. The first-order valence-electron chi connectivity index (χ1n) is 15.1. The molecule has 41 heavy (non-hydrogen) atoms. The molecule has 0 aliphatic carbocycles. The van der Waals surface area contributed by atoms with E-state index in [1.54, 1.807) is 0 Å². The molecule has 1 atom stereocenters. The summed E-state index contributed by atoms with van der Waals surface area (Å²) in [7, 11) is 0. The standard InChI is InChI=1S/C26H44BN6O.C6H5.Pb/c1-25(2)20-27(21-26(25,3)4)16-11-10-14-23(28-5)19-33(32-31-29-6)17-15-24(34)30-18-22-12-8-7-9-13-22;1-2-4-6-5-3-1;/h7-9,12-13,23,28H,5-6,10-11,14-21H2,1-4H3,(H,30,34);1-5H;/b32-31-;;. The number of nitrogens with one attached hydrogen (secondary N) is 2. The molecule has 3 rings (SSSR count). The fraction of sp³-hybridized carbons (Fsp3) is 0.562. The van der Waals surface area contributed by atoms with Gasteiger partial charge in [-0.1, -0.05) is 18.2 Å². The van der Waals surface area contributed by atoms with Crippen LogP contribution in [0.4, 0.5) is 0 Å². The van der Waals surface area contributed by atoms with Crippen LogP contribution in [-0.4, -0.2) is 71.8 Å². The molecule has 0 aromatic heterocycles. The van der Waals surface area contributed by atoms with Crippen molar-refractivity contribution < 1.29 is 4.79 Å². The van der Waals surface area contributed by atoms with E-state index in [-0.39, 0.29) is 5.91 Å². The van der Waals surface area contributed by atoms with Crippen LogP contribution in [0.25, 0.3) is 0 Å². The van der Waals surface area contributed by atoms with Crippen LogP contribution in [0.15, 0.2) is 76.2 Å². The van der Waals surface area contributed by atoms with Gasteiger partial charge in [-0.2, -0.15) is 0 Å². The summed E-state index contributed by atoms with van der Waals surface area (Å²) in [6, 6.07) is 21.1. The van der Waals surface area contributed by atoms with E-state index in [1.165, 1.54) is 34.9 Å². The number of amides is 1. The molecule has 2 N–H and O–H groups in total. The van der Waals surface area contributed by atoms with Gasteiger partial charge in [0.2, 0.25) is 0 Å². The maximum atomic E-state index is 12.6. The Kier molecular flexibility index (Phi) is 14.0. The van der Waals surface area contributed by atoms with Crippen molar-refractivity contribution in [2.45, 2.75) is 84.9 Å². The summed E-state index contributed by atoms with van der Waals surface area (Å²) in [5.41, 5.74) is 1.93. The van der Waals surface area contributed by atoms with Crippen LogP contribution in [0.2, 0.25) is 19.0 Å². The van der Waals surface area contributed by atoms with Crippen LogP contribution in [0.5, 0.6) is 0 Å². The molecule has 220 valence electrons. The monoisotopic (exact) mass is 752 g/mol. The average molecular weight is 752 g/mol. The number of unbranched alkanes of at least 4 members (excludes halogenated alkanes) is 1. The maximum absolute atomic E-state index is 12.6. The van der Waals surface area contributed by atoms with Crippen LogP contribution >= 0.6 is 0 Å². The van der Waals surface area contributed by atoms with Crippen LogP contribution in [0, 0.1) is 10.8 Å². The van der Waals surface area contributed by atoms with Gasteiger partial charge in [-0.25, -0.2) is 0 Å². The Balaban J connectivity index is 1.52. The molecular weight excluding hydrogens is 702 g/mol. The molecule has 1 heterocycles. The summed E-state index contributed by atoms with van der Waals surface area (Å²) < 4.78 is 2.61. The number of carbonyl (C=O) groups is 1. The molecule has 1 aliphatic rings. The molecule has 9 heteroatoms. The molecule has 0 saturated carbocycles. The molecule has 7 nitrogen and oxygen atoms in total. The van der Waals surface area contributed by atoms with Crippen molar-refractivity contribution in [3.05, 3.63) is 66.2 Å². The SMILES string of the molecule is C=N/N=N\N(CCC(=O)NCc1ccccc1)CC(CCCCB1CC(C)(C)C(C)(C)C1)N[CH2][Pb][c]1ccccc1. The number of hydrogen-bond acceptors (Lipinski definition) is 4. The van der Waals surface area contributed by atoms with E-state index in [4.69, 9.17) is 0 Å². The minimum absolute atomic E-state index is 0.00647. The number of rotatable bonds is 18. The zero-order valence-corrected chi connectivity index (χ0v) is 29.5. The molecule has 1 fully saturated rings. The quantitative estimate of drug-likeness (QED) is 0.0680. The third kappa shape index (κ3) is 12.0. The van der Waals surface area contributed by atoms with Gasteiger partial charge in [0.25, 0.3) is 0 Å². The van der Waals surface area contributed by atoms with Gasteiger partial charge in [-0.15, -0.1) is 0 Å². The van der Waals surface area contributed by atoms with Crippen molar-refractivity contribution in [3.63, 3.8) is 0 Å². The first kappa shape index (κ1) is 33.4. The first-order chi connectivity index (χ1) is 19.7. The Morgan fingerprint density at radius 2 is 1.68 bits per heavy atom. The van der Waals surface area contributed by atoms with Crippen molar-refractivity contribution >= 4 is 46.7 Å². The van der Waals surface area contributed by atoms with Gasteiger partial charge in [0.1, 0.15) is 0 Å². The Hall–Kier alpha value is -2.07. The normalized spacial score (nSPS) is 16.5. The first-order valence-corrected chi connectivity index (χ1v) is 19.8. The molecule has 2 radical (unpaired) electrons. The molecule has 1 aliphatic heterocycles. The fourth-order valence-electron chi connectivity index (χ4n) is 5.83. The summed E-state index contributed by atoms with van der Waals surface area (Å²) in [5, 5.41) is 20.4. The summed E-state index contributed by atoms with van der Waals surface area (Å²) in [6.07, 6.45) is 7.87. The van der Waals surface area contributed by atoms with Gasteiger partial charge in [0.05, 0.1) is 0 Å². The van der Waals surface area contributed by atoms with Crippen molar-refractivity contribution in [1.82, 2.24) is 15.6 Å². The molecule has 2 aromatic rings. The third-order valence-corrected chi connectivity index (χ3v) is 13.3. The zero-order chi connectivity index (χ0) is 29.6. The summed E-state index contributed by atoms with van der Waals surface area (Å²) in [4.78, 5) is 12.6. The predicted octanol–water partition coefficient (Wildman–Crippen LogP) is 5.65. The van der Waals surface area contributed by atoms with Crippen molar-refractivity contribution in [2.75, 3.05) is 17.2 Å². The number of nitrogens with zero attached hydrogens (tertiary/aromatic N) is 4. The molecule has 1 unspecified atom stereocenters. The van der Waals surface area contributed by atoms with Gasteiger partial charge >= 0.3 is 244 Å². The van der Waals surface area contributed by atoms with Crippen LogP contribution in [0.3, 0.4) is 0 Å². The average Bonchev–Trinajstić information content (AvgIpc) is 3.17. The minimum atomic E-state index is -0.954. The van der Waals surface area contributed by atoms with Crippen molar-refractivity contribution in [3.8, 4) is 0 Å². The summed E-state index contributed by atoms with van der Waals surface area (Å²) in [6.45, 7) is 15.8. The van der Waals surface area contributed by atoms with E-state index in [1.807, 2.05) is 35.3 Å². The van der Waals surface area contributed by atoms with E-state index < -0.39 is 24.2 Å². The molecule has 0 spiro atoms. The zero-order valence-electron chi connectivity index (χ0n) is 25.6. The van der Waals surface area contributed by atoms with Crippen molar-refractivity contribution in [2.24, 2.45) is 26.4 Å². The van der Waals surface area contributed by atoms with Gasteiger partial charge in [0.15, 0.2) is 0 Å². The van der Waals surface area contributed by atoms with E-state index in [2.05, 4.69) is 90.9 Å². The Labute approximate surface area is 260 Å². The number of hydrogen-bond donors (Lipinski definition) is 2. The third-order valence-electron chi connectivity index (χ3n) is 8.89.